The van der Waals surface area contributed by atoms with Gasteiger partial charge in [-0.2, -0.15) is 0 Å². The molecule has 0 aliphatic heterocycles. The predicted octanol–water partition coefficient (Wildman–Crippen LogP) is 9.16. The van der Waals surface area contributed by atoms with Crippen molar-refractivity contribution in [2.75, 3.05) is 6.66 Å². The molecule has 1 aliphatic rings. The van der Waals surface area contributed by atoms with E-state index in [4.69, 9.17) is 14.3 Å². The Morgan fingerprint density at radius 3 is 1.61 bits per heavy atom. The summed E-state index contributed by atoms with van der Waals surface area (Å²) in [5.74, 6) is 2.34. The molecule has 0 aromatic heterocycles. The fraction of sp³-hybridized carbons (Fsp3) is 0.935. The Morgan fingerprint density at radius 1 is 0.842 bits per heavy atom. The fourth-order valence-corrected chi connectivity index (χ4v) is 7.17. The van der Waals surface area contributed by atoms with Crippen LogP contribution in [0.1, 0.15) is 116 Å². The maximum Gasteiger partial charge on any atom is 0.327 e. The zero-order chi connectivity index (χ0) is 30.4. The topological polar surface area (TPSA) is 90.2 Å². The Balaban J connectivity index is 0.00000318. The van der Waals surface area contributed by atoms with Gasteiger partial charge in [0.1, 0.15) is 0 Å². The van der Waals surface area contributed by atoms with Crippen LogP contribution in [-0.4, -0.2) is 32.3 Å². The Hall–Kier alpha value is 0.400. The lowest BCUT2D eigenvalue weighted by Crippen LogP contribution is -2.51. The highest BCUT2D eigenvalue weighted by atomic mass is 31.2. The van der Waals surface area contributed by atoms with Crippen molar-refractivity contribution < 1.29 is 24.1 Å². The van der Waals surface area contributed by atoms with Crippen molar-refractivity contribution in [3.8, 4) is 0 Å². The molecule has 0 aromatic rings. The molecule has 1 saturated carbocycles. The van der Waals surface area contributed by atoms with Crippen molar-refractivity contribution in [1.82, 2.24) is 0 Å². The van der Waals surface area contributed by atoms with E-state index in [1.165, 1.54) is 13.1 Å². The molecule has 0 amide bonds. The normalized spacial score (nSPS) is 26.0. The van der Waals surface area contributed by atoms with Crippen LogP contribution in [0.2, 0.25) is 0 Å². The lowest BCUT2D eigenvalue weighted by Gasteiger charge is -2.54. The van der Waals surface area contributed by atoms with E-state index in [0.29, 0.717) is 17.8 Å². The van der Waals surface area contributed by atoms with Gasteiger partial charge in [0.15, 0.2) is 8.38 Å². The Labute approximate surface area is 239 Å². The smallest absolute Gasteiger partial charge is 0.327 e. The summed E-state index contributed by atoms with van der Waals surface area (Å²) in [6.07, 6.45) is 6.42. The summed E-state index contributed by atoms with van der Waals surface area (Å²) in [6, 6.07) is 0. The number of allylic oxidation sites excluding steroid dienone is 1. The van der Waals surface area contributed by atoms with Crippen LogP contribution in [-0.2, 0) is 4.52 Å². The van der Waals surface area contributed by atoms with Crippen molar-refractivity contribution in [2.24, 2.45) is 57.2 Å². The summed E-state index contributed by atoms with van der Waals surface area (Å²) < 4.78 is 6.08. The van der Waals surface area contributed by atoms with E-state index >= 15 is 0 Å². The van der Waals surface area contributed by atoms with Gasteiger partial charge in [-0.05, 0) is 76.4 Å². The summed E-state index contributed by atoms with van der Waals surface area (Å²) >= 11 is 0. The van der Waals surface area contributed by atoms with Crippen molar-refractivity contribution >= 4 is 17.0 Å². The number of hydrogen-bond acceptors (Lipinski definition) is 5. The van der Waals surface area contributed by atoms with Gasteiger partial charge in [0.2, 0.25) is 0 Å². The minimum atomic E-state index is -2.42. The second-order valence-electron chi connectivity index (χ2n) is 16.0. The first-order valence-electron chi connectivity index (χ1n) is 14.5. The second kappa shape index (κ2) is 15.0. The Kier molecular flexibility index (Phi) is 15.2. The Bertz CT molecular complexity index is 680. The first-order valence-corrected chi connectivity index (χ1v) is 17.3. The van der Waals surface area contributed by atoms with Gasteiger partial charge in [0.05, 0.1) is 6.10 Å². The average Bonchev–Trinajstić information content (AvgIpc) is 2.67. The maximum atomic E-state index is 10.0. The molecule has 1 fully saturated rings. The molecule has 7 atom stereocenters. The summed E-state index contributed by atoms with van der Waals surface area (Å²) in [7, 11) is -4.04. The zero-order valence-electron chi connectivity index (χ0n) is 27.2. The molecular formula is C31H64O5P2. The molecule has 1 aliphatic carbocycles. The van der Waals surface area contributed by atoms with E-state index < -0.39 is 17.0 Å². The van der Waals surface area contributed by atoms with E-state index in [1.54, 1.807) is 0 Å². The third-order valence-electron chi connectivity index (χ3n) is 9.07. The van der Waals surface area contributed by atoms with Gasteiger partial charge in [-0.1, -0.05) is 103 Å². The van der Waals surface area contributed by atoms with Gasteiger partial charge in [-0.25, -0.2) is 0 Å². The number of rotatable bonds is 8. The van der Waals surface area contributed by atoms with Crippen LogP contribution >= 0.6 is 17.0 Å². The van der Waals surface area contributed by atoms with E-state index in [9.17, 15) is 9.79 Å². The fourth-order valence-electron chi connectivity index (χ4n) is 6.65. The molecule has 0 radical (unpaired) electrons. The minimum Gasteiger partial charge on any atom is -0.350 e. The first kappa shape index (κ1) is 38.4. The number of hydrogen-bond donors (Lipinski definition) is 4. The van der Waals surface area contributed by atoms with Gasteiger partial charge in [0.25, 0.3) is 0 Å². The van der Waals surface area contributed by atoms with E-state index in [-0.39, 0.29) is 45.5 Å². The first-order chi connectivity index (χ1) is 16.9. The molecule has 0 saturated heterocycles. The molecule has 0 bridgehead atoms. The molecule has 4 N–H and O–H groups in total. The minimum absolute atomic E-state index is 0.0124. The molecule has 228 valence electrons. The Morgan fingerprint density at radius 2 is 1.32 bits per heavy atom. The molecule has 5 nitrogen and oxygen atoms in total. The van der Waals surface area contributed by atoms with E-state index in [1.807, 2.05) is 0 Å². The van der Waals surface area contributed by atoms with E-state index in [0.717, 1.165) is 19.3 Å². The van der Waals surface area contributed by atoms with Gasteiger partial charge < -0.3 is 24.1 Å². The van der Waals surface area contributed by atoms with Crippen LogP contribution in [0.15, 0.2) is 12.7 Å². The molecule has 0 aromatic carbocycles. The SMILES string of the molecule is C=CC(C1CC(C(C)(C)C)CC(C(C)(C)C)C1OP(O)O)C(CC(CC)C(C)(C)C)C(C)(C)C.CP(O)O. The van der Waals surface area contributed by atoms with Gasteiger partial charge in [0, 0.05) is 6.66 Å². The lowest BCUT2D eigenvalue weighted by molar-refractivity contribution is -0.0855. The quantitative estimate of drug-likeness (QED) is 0.170. The van der Waals surface area contributed by atoms with Crippen molar-refractivity contribution in [3.63, 3.8) is 0 Å². The van der Waals surface area contributed by atoms with Gasteiger partial charge >= 0.3 is 8.60 Å². The molecule has 0 spiro atoms. The monoisotopic (exact) mass is 578 g/mol. The third-order valence-corrected chi connectivity index (χ3v) is 9.50. The van der Waals surface area contributed by atoms with Gasteiger partial charge in [-0.3, -0.25) is 0 Å². The lowest BCUT2D eigenvalue weighted by atomic mass is 9.53. The summed E-state index contributed by atoms with van der Waals surface area (Å²) in [5.41, 5.74) is 0.560. The summed E-state index contributed by atoms with van der Waals surface area (Å²) in [5, 5.41) is 0. The molecule has 7 heteroatoms. The summed E-state index contributed by atoms with van der Waals surface area (Å²) in [4.78, 5) is 35.4. The van der Waals surface area contributed by atoms with Crippen LogP contribution in [0.4, 0.5) is 0 Å². The molecule has 7 unspecified atom stereocenters. The second-order valence-corrected chi connectivity index (χ2v) is 17.7. The van der Waals surface area contributed by atoms with E-state index in [2.05, 4.69) is 103 Å². The maximum absolute atomic E-state index is 10.0. The molecular weight excluding hydrogens is 514 g/mol. The van der Waals surface area contributed by atoms with Crippen LogP contribution < -0.4 is 0 Å². The van der Waals surface area contributed by atoms with Crippen molar-refractivity contribution in [2.45, 2.75) is 122 Å². The highest BCUT2D eigenvalue weighted by molar-refractivity contribution is 7.44. The highest BCUT2D eigenvalue weighted by Crippen LogP contribution is 2.56. The summed E-state index contributed by atoms with van der Waals surface area (Å²) in [6.45, 7) is 36.2. The van der Waals surface area contributed by atoms with Crippen LogP contribution in [0.3, 0.4) is 0 Å². The zero-order valence-corrected chi connectivity index (χ0v) is 29.0. The van der Waals surface area contributed by atoms with Crippen molar-refractivity contribution in [1.29, 1.82) is 0 Å². The average molecular weight is 579 g/mol. The largest absolute Gasteiger partial charge is 0.350 e. The molecule has 0 heterocycles. The van der Waals surface area contributed by atoms with Crippen LogP contribution in [0.5, 0.6) is 0 Å². The predicted molar refractivity (Wildman–Crippen MR) is 167 cm³/mol. The third kappa shape index (κ3) is 12.5. The van der Waals surface area contributed by atoms with Gasteiger partial charge in [-0.15, -0.1) is 6.58 Å². The molecule has 1 rings (SSSR count). The van der Waals surface area contributed by atoms with Crippen LogP contribution in [0.25, 0.3) is 0 Å². The van der Waals surface area contributed by atoms with Crippen LogP contribution in [0, 0.1) is 57.2 Å². The molecule has 38 heavy (non-hydrogen) atoms. The standard InChI is InChI=1S/C30H59O3P.CH5O2P/c1-15-20(27(3,4)5)18-24(29(9,10)11)22(16-2)23-17-21(28(6,7)8)19-25(30(12,13)14)26(23)33-34(31)32;1-4(2)3/h16,20-26,31-32H,2,15,17-19H2,1,3-14H3;2-3H,1H3. The highest BCUT2D eigenvalue weighted by Gasteiger charge is 2.51. The van der Waals surface area contributed by atoms with Crippen molar-refractivity contribution in [3.05, 3.63) is 12.7 Å².